The zero-order chi connectivity index (χ0) is 19.7. The van der Waals surface area contributed by atoms with E-state index >= 15 is 0 Å². The predicted molar refractivity (Wildman–Crippen MR) is 116 cm³/mol. The fourth-order valence-corrected chi connectivity index (χ4v) is 4.26. The fraction of sp³-hybridized carbons (Fsp3) is 0.583. The fourth-order valence-electron chi connectivity index (χ4n) is 4.26. The highest BCUT2D eigenvalue weighted by molar-refractivity contribution is 5.64. The lowest BCUT2D eigenvalue weighted by Gasteiger charge is -2.42. The molecule has 3 rings (SSSR count). The molecule has 0 amide bonds. The molecule has 0 fully saturated rings. The van der Waals surface area contributed by atoms with Crippen molar-refractivity contribution < 1.29 is 0 Å². The van der Waals surface area contributed by atoms with Crippen LogP contribution in [0.25, 0.3) is 11.3 Å². The lowest BCUT2D eigenvalue weighted by atomic mass is 9.63. The first-order valence-electron chi connectivity index (χ1n) is 10.5. The quantitative estimate of drug-likeness (QED) is 0.617. The van der Waals surface area contributed by atoms with E-state index in [1.165, 1.54) is 29.5 Å². The molecule has 0 bridgehead atoms. The molecule has 1 heterocycles. The molecule has 0 N–H and O–H groups in total. The van der Waals surface area contributed by atoms with E-state index < -0.39 is 0 Å². The highest BCUT2D eigenvalue weighted by atomic mass is 15.2. The van der Waals surface area contributed by atoms with Crippen molar-refractivity contribution in [2.45, 2.75) is 78.1 Å². The van der Waals surface area contributed by atoms with Crippen LogP contribution >= 0.6 is 0 Å². The molecular weight excluding hydrogens is 330 g/mol. The van der Waals surface area contributed by atoms with Crippen molar-refractivity contribution in [1.29, 1.82) is 0 Å². The molecular formula is C24H35N3. The average molecular weight is 366 g/mol. The first kappa shape index (κ1) is 19.9. The van der Waals surface area contributed by atoms with Gasteiger partial charge < -0.3 is 4.90 Å². The minimum absolute atomic E-state index is 0.215. The number of nitrogens with zero attached hydrogens (tertiary/aromatic N) is 3. The molecule has 3 nitrogen and oxygen atoms in total. The Morgan fingerprint density at radius 3 is 2.15 bits per heavy atom. The van der Waals surface area contributed by atoms with Gasteiger partial charge in [-0.2, -0.15) is 0 Å². The van der Waals surface area contributed by atoms with Gasteiger partial charge in [-0.1, -0.05) is 53.7 Å². The van der Waals surface area contributed by atoms with Gasteiger partial charge in [-0.3, -0.25) is 0 Å². The van der Waals surface area contributed by atoms with Crippen molar-refractivity contribution >= 4 is 5.95 Å². The maximum absolute atomic E-state index is 4.93. The second kappa shape index (κ2) is 7.61. The van der Waals surface area contributed by atoms with Crippen LogP contribution in [-0.4, -0.2) is 23.1 Å². The zero-order valence-electron chi connectivity index (χ0n) is 18.0. The summed E-state index contributed by atoms with van der Waals surface area (Å²) in [5.74, 6) is 0.855. The molecule has 146 valence electrons. The van der Waals surface area contributed by atoms with Crippen molar-refractivity contribution in [1.82, 2.24) is 9.97 Å². The lowest BCUT2D eigenvalue weighted by Crippen LogP contribution is -2.33. The number of benzene rings is 1. The van der Waals surface area contributed by atoms with Crippen LogP contribution in [0.15, 0.2) is 30.5 Å². The van der Waals surface area contributed by atoms with E-state index in [9.17, 15) is 0 Å². The molecule has 0 aliphatic heterocycles. The van der Waals surface area contributed by atoms with Gasteiger partial charge in [-0.25, -0.2) is 9.97 Å². The van der Waals surface area contributed by atoms with E-state index in [-0.39, 0.29) is 10.8 Å². The summed E-state index contributed by atoms with van der Waals surface area (Å²) in [6, 6.07) is 9.01. The number of fused-ring (bicyclic) bond motifs is 1. The number of aromatic nitrogens is 2. The third kappa shape index (κ3) is 4.02. The monoisotopic (exact) mass is 365 g/mol. The number of anilines is 1. The normalized spacial score (nSPS) is 17.4. The first-order valence-corrected chi connectivity index (χ1v) is 10.5. The van der Waals surface area contributed by atoms with E-state index in [0.29, 0.717) is 0 Å². The SMILES string of the molecule is CCCN(CCC)c1nccc(-c2ccc3c(c2)C(C)(C)CCC3(C)C)n1. The van der Waals surface area contributed by atoms with Crippen molar-refractivity contribution in [2.75, 3.05) is 18.0 Å². The molecule has 0 spiro atoms. The van der Waals surface area contributed by atoms with Crippen LogP contribution in [0.2, 0.25) is 0 Å². The number of hydrogen-bond donors (Lipinski definition) is 0. The Kier molecular flexibility index (Phi) is 5.60. The van der Waals surface area contributed by atoms with Crippen LogP contribution in [-0.2, 0) is 10.8 Å². The molecule has 1 aromatic heterocycles. The third-order valence-electron chi connectivity index (χ3n) is 6.06. The van der Waals surface area contributed by atoms with Gasteiger partial charge in [0.1, 0.15) is 0 Å². The molecule has 0 atom stereocenters. The third-order valence-corrected chi connectivity index (χ3v) is 6.06. The summed E-state index contributed by atoms with van der Waals surface area (Å²) in [5, 5.41) is 0. The van der Waals surface area contributed by atoms with Crippen molar-refractivity contribution in [3.05, 3.63) is 41.6 Å². The zero-order valence-corrected chi connectivity index (χ0v) is 18.0. The highest BCUT2D eigenvalue weighted by Crippen LogP contribution is 2.46. The second-order valence-corrected chi connectivity index (χ2v) is 9.26. The summed E-state index contributed by atoms with van der Waals surface area (Å²) in [4.78, 5) is 11.8. The number of rotatable bonds is 6. The van der Waals surface area contributed by atoms with Gasteiger partial charge in [0.25, 0.3) is 0 Å². The molecule has 3 heteroatoms. The largest absolute Gasteiger partial charge is 0.341 e. The molecule has 0 saturated carbocycles. The summed E-state index contributed by atoms with van der Waals surface area (Å²) >= 11 is 0. The van der Waals surface area contributed by atoms with Gasteiger partial charge in [0, 0.05) is 24.8 Å². The minimum atomic E-state index is 0.215. The van der Waals surface area contributed by atoms with Gasteiger partial charge in [-0.05, 0) is 59.8 Å². The molecule has 0 radical (unpaired) electrons. The molecule has 0 saturated heterocycles. The maximum Gasteiger partial charge on any atom is 0.225 e. The number of hydrogen-bond acceptors (Lipinski definition) is 3. The van der Waals surface area contributed by atoms with Crippen LogP contribution in [0.5, 0.6) is 0 Å². The van der Waals surface area contributed by atoms with Crippen molar-refractivity contribution in [2.24, 2.45) is 0 Å². The van der Waals surface area contributed by atoms with E-state index in [4.69, 9.17) is 4.98 Å². The van der Waals surface area contributed by atoms with Crippen LogP contribution in [0.4, 0.5) is 5.95 Å². The van der Waals surface area contributed by atoms with Crippen LogP contribution < -0.4 is 4.90 Å². The minimum Gasteiger partial charge on any atom is -0.341 e. The molecule has 1 aliphatic rings. The van der Waals surface area contributed by atoms with Crippen molar-refractivity contribution in [3.63, 3.8) is 0 Å². The predicted octanol–water partition coefficient (Wildman–Crippen LogP) is 6.12. The Morgan fingerprint density at radius 2 is 1.52 bits per heavy atom. The summed E-state index contributed by atoms with van der Waals surface area (Å²) in [7, 11) is 0. The van der Waals surface area contributed by atoms with E-state index in [1.54, 1.807) is 0 Å². The van der Waals surface area contributed by atoms with E-state index in [0.717, 1.165) is 37.6 Å². The molecule has 2 aromatic rings. The Hall–Kier alpha value is -1.90. The van der Waals surface area contributed by atoms with Gasteiger partial charge in [0.2, 0.25) is 5.95 Å². The molecule has 0 unspecified atom stereocenters. The first-order chi connectivity index (χ1) is 12.8. The van der Waals surface area contributed by atoms with E-state index in [1.807, 2.05) is 12.3 Å². The van der Waals surface area contributed by atoms with Crippen LogP contribution in [0.3, 0.4) is 0 Å². The van der Waals surface area contributed by atoms with Gasteiger partial charge in [0.15, 0.2) is 0 Å². The maximum atomic E-state index is 4.93. The molecule has 1 aliphatic carbocycles. The van der Waals surface area contributed by atoms with Gasteiger partial charge in [0.05, 0.1) is 5.69 Å². The van der Waals surface area contributed by atoms with Crippen LogP contribution in [0.1, 0.15) is 78.4 Å². The summed E-state index contributed by atoms with van der Waals surface area (Å²) in [6.07, 6.45) is 6.59. The lowest BCUT2D eigenvalue weighted by molar-refractivity contribution is 0.332. The summed E-state index contributed by atoms with van der Waals surface area (Å²) < 4.78 is 0. The Balaban J connectivity index is 2.02. The van der Waals surface area contributed by atoms with Gasteiger partial charge in [-0.15, -0.1) is 0 Å². The Labute approximate surface area is 165 Å². The highest BCUT2D eigenvalue weighted by Gasteiger charge is 2.37. The average Bonchev–Trinajstić information content (AvgIpc) is 2.65. The van der Waals surface area contributed by atoms with Crippen molar-refractivity contribution in [3.8, 4) is 11.3 Å². The standard InChI is InChI=1S/C24H35N3/c1-7-15-27(16-8-2)22-25-14-11-21(26-22)18-9-10-19-20(17-18)24(5,6)13-12-23(19,3)4/h9-11,14,17H,7-8,12-13,15-16H2,1-6H3. The molecule has 1 aromatic carbocycles. The van der Waals surface area contributed by atoms with Gasteiger partial charge >= 0.3 is 0 Å². The molecule has 27 heavy (non-hydrogen) atoms. The Morgan fingerprint density at radius 1 is 0.889 bits per heavy atom. The second-order valence-electron chi connectivity index (χ2n) is 9.26. The van der Waals surface area contributed by atoms with Crippen LogP contribution in [0, 0.1) is 0 Å². The topological polar surface area (TPSA) is 29.0 Å². The summed E-state index contributed by atoms with van der Waals surface area (Å²) in [5.41, 5.74) is 5.67. The smallest absolute Gasteiger partial charge is 0.225 e. The summed E-state index contributed by atoms with van der Waals surface area (Å²) in [6.45, 7) is 15.9. The van der Waals surface area contributed by atoms with E-state index in [2.05, 4.69) is 69.6 Å². The Bertz CT molecular complexity index is 786.